The fraction of sp³-hybridized carbons (Fsp3) is 0.462. The highest BCUT2D eigenvalue weighted by Crippen LogP contribution is 2.31. The zero-order valence-electron chi connectivity index (χ0n) is 11.0. The van der Waals surface area contributed by atoms with Crippen molar-refractivity contribution in [1.82, 2.24) is 9.88 Å². The van der Waals surface area contributed by atoms with E-state index in [0.29, 0.717) is 6.54 Å². The number of anilines is 1. The SMILES string of the molecule is NCC(c1ccc(Cl)s1)N1CCN(c2nccs2)CC1. The summed E-state index contributed by atoms with van der Waals surface area (Å²) in [5.41, 5.74) is 5.97. The normalized spacial score (nSPS) is 18.4. The van der Waals surface area contributed by atoms with Gasteiger partial charge in [0.1, 0.15) is 0 Å². The van der Waals surface area contributed by atoms with Crippen LogP contribution < -0.4 is 10.6 Å². The summed E-state index contributed by atoms with van der Waals surface area (Å²) in [4.78, 5) is 10.4. The van der Waals surface area contributed by atoms with Crippen LogP contribution in [0.2, 0.25) is 4.34 Å². The summed E-state index contributed by atoms with van der Waals surface area (Å²) in [7, 11) is 0. The van der Waals surface area contributed by atoms with Gasteiger partial charge >= 0.3 is 0 Å². The van der Waals surface area contributed by atoms with Crippen LogP contribution in [0.5, 0.6) is 0 Å². The Morgan fingerprint density at radius 2 is 2.10 bits per heavy atom. The second kappa shape index (κ2) is 6.41. The van der Waals surface area contributed by atoms with Crippen molar-refractivity contribution in [3.8, 4) is 0 Å². The first-order valence-electron chi connectivity index (χ1n) is 6.61. The third kappa shape index (κ3) is 2.99. The predicted molar refractivity (Wildman–Crippen MR) is 87.0 cm³/mol. The molecule has 1 atom stereocenters. The molecule has 20 heavy (non-hydrogen) atoms. The van der Waals surface area contributed by atoms with Crippen LogP contribution in [-0.2, 0) is 0 Å². The smallest absolute Gasteiger partial charge is 0.185 e. The lowest BCUT2D eigenvalue weighted by atomic mass is 10.2. The van der Waals surface area contributed by atoms with Gasteiger partial charge in [-0.3, -0.25) is 4.90 Å². The lowest BCUT2D eigenvalue weighted by Gasteiger charge is -2.38. The van der Waals surface area contributed by atoms with Gasteiger partial charge in [0, 0.05) is 49.2 Å². The summed E-state index contributed by atoms with van der Waals surface area (Å²) >= 11 is 9.37. The molecule has 1 fully saturated rings. The number of hydrogen-bond acceptors (Lipinski definition) is 6. The van der Waals surface area contributed by atoms with Crippen molar-refractivity contribution in [2.24, 2.45) is 5.73 Å². The fourth-order valence-corrected chi connectivity index (χ4v) is 4.46. The number of hydrogen-bond donors (Lipinski definition) is 1. The third-order valence-corrected chi connectivity index (χ3v) is 5.76. The van der Waals surface area contributed by atoms with Crippen molar-refractivity contribution in [2.45, 2.75) is 6.04 Å². The van der Waals surface area contributed by atoms with Gasteiger partial charge < -0.3 is 10.6 Å². The Morgan fingerprint density at radius 3 is 2.65 bits per heavy atom. The Morgan fingerprint density at radius 1 is 1.30 bits per heavy atom. The molecule has 4 nitrogen and oxygen atoms in total. The maximum absolute atomic E-state index is 6.04. The second-order valence-electron chi connectivity index (χ2n) is 4.73. The summed E-state index contributed by atoms with van der Waals surface area (Å²) in [6.45, 7) is 4.66. The standard InChI is InChI=1S/C13H17ClN4S2/c14-12-2-1-11(20-12)10(9-15)17-4-6-18(7-5-17)13-16-3-8-19-13/h1-3,8,10H,4-7,9,15H2. The molecule has 1 unspecified atom stereocenters. The molecule has 0 saturated carbocycles. The van der Waals surface area contributed by atoms with E-state index in [9.17, 15) is 0 Å². The molecule has 1 aliphatic heterocycles. The Balaban J connectivity index is 1.64. The van der Waals surface area contributed by atoms with Crippen LogP contribution in [0.1, 0.15) is 10.9 Å². The number of aromatic nitrogens is 1. The molecule has 3 heterocycles. The Hall–Kier alpha value is -0.660. The van der Waals surface area contributed by atoms with Gasteiger partial charge in [0.05, 0.1) is 10.4 Å². The summed E-state index contributed by atoms with van der Waals surface area (Å²) in [6.07, 6.45) is 1.86. The van der Waals surface area contributed by atoms with Crippen LogP contribution in [0.4, 0.5) is 5.13 Å². The average Bonchev–Trinajstić information content (AvgIpc) is 3.12. The molecule has 0 bridgehead atoms. The highest BCUT2D eigenvalue weighted by atomic mass is 35.5. The highest BCUT2D eigenvalue weighted by Gasteiger charge is 2.25. The van der Waals surface area contributed by atoms with Crippen LogP contribution in [0.3, 0.4) is 0 Å². The summed E-state index contributed by atoms with van der Waals surface area (Å²) < 4.78 is 0.833. The van der Waals surface area contributed by atoms with E-state index < -0.39 is 0 Å². The van der Waals surface area contributed by atoms with Crippen molar-refractivity contribution >= 4 is 39.4 Å². The van der Waals surface area contributed by atoms with E-state index in [1.165, 1.54) is 4.88 Å². The van der Waals surface area contributed by atoms with E-state index in [4.69, 9.17) is 17.3 Å². The van der Waals surface area contributed by atoms with Crippen molar-refractivity contribution < 1.29 is 0 Å². The van der Waals surface area contributed by atoms with Crippen molar-refractivity contribution in [2.75, 3.05) is 37.6 Å². The Labute approximate surface area is 131 Å². The predicted octanol–water partition coefficient (Wildman–Crippen LogP) is 2.68. The molecule has 3 rings (SSSR count). The first kappa shape index (κ1) is 14.3. The van der Waals surface area contributed by atoms with Crippen LogP contribution in [-0.4, -0.2) is 42.6 Å². The third-order valence-electron chi connectivity index (χ3n) is 3.59. The topological polar surface area (TPSA) is 45.4 Å². The number of nitrogens with two attached hydrogens (primary N) is 1. The van der Waals surface area contributed by atoms with E-state index in [0.717, 1.165) is 35.6 Å². The van der Waals surface area contributed by atoms with Crippen molar-refractivity contribution in [3.05, 3.63) is 32.9 Å². The lowest BCUT2D eigenvalue weighted by molar-refractivity contribution is 0.193. The van der Waals surface area contributed by atoms with E-state index >= 15 is 0 Å². The number of thiazole rings is 1. The molecule has 7 heteroatoms. The van der Waals surface area contributed by atoms with Gasteiger partial charge in [-0.25, -0.2) is 4.98 Å². The quantitative estimate of drug-likeness (QED) is 0.937. The summed E-state index contributed by atoms with van der Waals surface area (Å²) in [5.74, 6) is 0. The Bertz CT molecular complexity index is 534. The van der Waals surface area contributed by atoms with Crippen molar-refractivity contribution in [1.29, 1.82) is 0 Å². The number of piperazine rings is 1. The minimum absolute atomic E-state index is 0.283. The molecule has 0 amide bonds. The minimum Gasteiger partial charge on any atom is -0.346 e. The first-order chi connectivity index (χ1) is 9.78. The van der Waals surface area contributed by atoms with E-state index in [1.54, 1.807) is 22.7 Å². The number of rotatable bonds is 4. The molecule has 108 valence electrons. The number of halogens is 1. The largest absolute Gasteiger partial charge is 0.346 e. The van der Waals surface area contributed by atoms with Crippen LogP contribution >= 0.6 is 34.3 Å². The van der Waals surface area contributed by atoms with E-state index in [2.05, 4.69) is 20.9 Å². The number of nitrogens with zero attached hydrogens (tertiary/aromatic N) is 3. The molecule has 0 spiro atoms. The zero-order valence-corrected chi connectivity index (χ0v) is 13.4. The zero-order chi connectivity index (χ0) is 13.9. The van der Waals surface area contributed by atoms with Gasteiger partial charge in [0.2, 0.25) is 0 Å². The molecule has 0 aromatic carbocycles. The second-order valence-corrected chi connectivity index (χ2v) is 7.35. The van der Waals surface area contributed by atoms with Crippen LogP contribution in [0.25, 0.3) is 0 Å². The molecule has 0 aliphatic carbocycles. The lowest BCUT2D eigenvalue weighted by Crippen LogP contribution is -2.48. The first-order valence-corrected chi connectivity index (χ1v) is 8.69. The minimum atomic E-state index is 0.283. The molecule has 2 aromatic rings. The van der Waals surface area contributed by atoms with Gasteiger partial charge in [-0.1, -0.05) is 11.6 Å². The molecular weight excluding hydrogens is 312 g/mol. The van der Waals surface area contributed by atoms with Gasteiger partial charge in [0.25, 0.3) is 0 Å². The molecular formula is C13H17ClN4S2. The highest BCUT2D eigenvalue weighted by molar-refractivity contribution is 7.16. The van der Waals surface area contributed by atoms with Crippen LogP contribution in [0.15, 0.2) is 23.7 Å². The summed E-state index contributed by atoms with van der Waals surface area (Å²) in [5, 5.41) is 3.14. The van der Waals surface area contributed by atoms with Crippen LogP contribution in [0, 0.1) is 0 Å². The van der Waals surface area contributed by atoms with E-state index in [-0.39, 0.29) is 6.04 Å². The van der Waals surface area contributed by atoms with Crippen molar-refractivity contribution in [3.63, 3.8) is 0 Å². The maximum atomic E-state index is 6.04. The maximum Gasteiger partial charge on any atom is 0.185 e. The summed E-state index contributed by atoms with van der Waals surface area (Å²) in [6, 6.07) is 4.33. The molecule has 0 radical (unpaired) electrons. The fourth-order valence-electron chi connectivity index (χ4n) is 2.55. The molecule has 2 aromatic heterocycles. The molecule has 1 saturated heterocycles. The molecule has 2 N–H and O–H groups in total. The van der Waals surface area contributed by atoms with Gasteiger partial charge in [-0.05, 0) is 12.1 Å². The van der Waals surface area contributed by atoms with Gasteiger partial charge in [-0.2, -0.15) is 0 Å². The monoisotopic (exact) mass is 328 g/mol. The number of thiophene rings is 1. The Kier molecular flexibility index (Phi) is 4.58. The molecule has 1 aliphatic rings. The van der Waals surface area contributed by atoms with E-state index in [1.807, 2.05) is 17.6 Å². The van der Waals surface area contributed by atoms with Gasteiger partial charge in [0.15, 0.2) is 5.13 Å². The van der Waals surface area contributed by atoms with Gasteiger partial charge in [-0.15, -0.1) is 22.7 Å². The average molecular weight is 329 g/mol.